The fourth-order valence-electron chi connectivity index (χ4n) is 1.61. The first-order valence-corrected chi connectivity index (χ1v) is 6.86. The summed E-state index contributed by atoms with van der Waals surface area (Å²) in [7, 11) is 1.69. The summed E-state index contributed by atoms with van der Waals surface area (Å²) in [4.78, 5) is 24.8. The van der Waals surface area contributed by atoms with Crippen molar-refractivity contribution in [3.8, 4) is 0 Å². The first kappa shape index (κ1) is 14.9. The summed E-state index contributed by atoms with van der Waals surface area (Å²) in [5.41, 5.74) is 0.939. The molecule has 0 aliphatic rings. The number of aliphatic hydroxyl groups is 1. The highest BCUT2D eigenvalue weighted by Crippen LogP contribution is 2.05. The predicted molar refractivity (Wildman–Crippen MR) is 71.9 cm³/mol. The van der Waals surface area contributed by atoms with Gasteiger partial charge in [0.15, 0.2) is 0 Å². The van der Waals surface area contributed by atoms with E-state index in [1.54, 1.807) is 23.4 Å². The maximum absolute atomic E-state index is 11.8. The lowest BCUT2D eigenvalue weighted by molar-refractivity contribution is -0.132. The minimum absolute atomic E-state index is 0.00233. The van der Waals surface area contributed by atoms with Gasteiger partial charge in [-0.05, 0) is 20.3 Å². The molecule has 0 aliphatic heterocycles. The minimum Gasteiger partial charge on any atom is -0.394 e. The molecule has 1 amide bonds. The van der Waals surface area contributed by atoms with Gasteiger partial charge in [-0.25, -0.2) is 0 Å². The highest BCUT2D eigenvalue weighted by molar-refractivity contribution is 7.07. The van der Waals surface area contributed by atoms with Crippen molar-refractivity contribution in [1.29, 1.82) is 0 Å². The predicted octanol–water partition coefficient (Wildman–Crippen LogP) is 0.838. The number of aliphatic hydroxyl groups excluding tert-OH is 1. The van der Waals surface area contributed by atoms with Gasteiger partial charge in [0.25, 0.3) is 0 Å². The maximum Gasteiger partial charge on any atom is 0.307 e. The monoisotopic (exact) mass is 272 g/mol. The topological polar surface area (TPSA) is 62.5 Å². The molecule has 18 heavy (non-hydrogen) atoms. The fourth-order valence-corrected chi connectivity index (χ4v) is 2.37. The van der Waals surface area contributed by atoms with Crippen molar-refractivity contribution in [1.82, 2.24) is 9.47 Å². The van der Waals surface area contributed by atoms with Crippen LogP contribution in [0.1, 0.15) is 25.5 Å². The molecule has 1 atom stereocenters. The molecular weight excluding hydrogens is 252 g/mol. The molecule has 1 heterocycles. The van der Waals surface area contributed by atoms with E-state index in [0.717, 1.165) is 5.69 Å². The van der Waals surface area contributed by atoms with Crippen molar-refractivity contribution in [3.05, 3.63) is 20.7 Å². The van der Waals surface area contributed by atoms with Crippen LogP contribution in [-0.2, 0) is 11.3 Å². The van der Waals surface area contributed by atoms with Gasteiger partial charge in [0, 0.05) is 31.1 Å². The van der Waals surface area contributed by atoms with E-state index in [1.807, 2.05) is 12.3 Å². The number of hydrogen-bond donors (Lipinski definition) is 1. The summed E-state index contributed by atoms with van der Waals surface area (Å²) in [5.74, 6) is -0.00233. The van der Waals surface area contributed by atoms with Gasteiger partial charge in [0.2, 0.25) is 5.91 Å². The van der Waals surface area contributed by atoms with E-state index < -0.39 is 0 Å². The van der Waals surface area contributed by atoms with Crippen LogP contribution in [-0.4, -0.2) is 40.2 Å². The molecule has 0 aromatic carbocycles. The summed E-state index contributed by atoms with van der Waals surface area (Å²) >= 11 is 1.18. The second kappa shape index (κ2) is 6.70. The Kier molecular flexibility index (Phi) is 5.55. The lowest BCUT2D eigenvalue weighted by Gasteiger charge is -2.23. The van der Waals surface area contributed by atoms with Crippen LogP contribution in [0.15, 0.2) is 10.2 Å². The van der Waals surface area contributed by atoms with Crippen LogP contribution in [0, 0.1) is 6.92 Å². The Balaban J connectivity index is 2.43. The number of amides is 1. The molecule has 1 rings (SSSR count). The molecule has 5 nitrogen and oxygen atoms in total. The van der Waals surface area contributed by atoms with Crippen LogP contribution in [0.2, 0.25) is 0 Å². The molecule has 1 unspecified atom stereocenters. The van der Waals surface area contributed by atoms with E-state index in [-0.39, 0.29) is 23.4 Å². The van der Waals surface area contributed by atoms with E-state index in [4.69, 9.17) is 5.11 Å². The van der Waals surface area contributed by atoms with Crippen LogP contribution < -0.4 is 4.87 Å². The van der Waals surface area contributed by atoms with E-state index in [1.165, 1.54) is 11.3 Å². The largest absolute Gasteiger partial charge is 0.394 e. The van der Waals surface area contributed by atoms with Crippen LogP contribution in [0.4, 0.5) is 0 Å². The Bertz CT molecular complexity index is 452. The Labute approximate surface area is 111 Å². The number of nitrogens with zero attached hydrogens (tertiary/aromatic N) is 2. The molecule has 1 aromatic rings. The highest BCUT2D eigenvalue weighted by Gasteiger charge is 2.14. The van der Waals surface area contributed by atoms with Gasteiger partial charge >= 0.3 is 4.87 Å². The van der Waals surface area contributed by atoms with Crippen molar-refractivity contribution < 1.29 is 9.90 Å². The third-order valence-corrected chi connectivity index (χ3v) is 3.95. The zero-order chi connectivity index (χ0) is 13.7. The van der Waals surface area contributed by atoms with Gasteiger partial charge in [-0.15, -0.1) is 0 Å². The molecule has 1 N–H and O–H groups in total. The SMILES string of the molecule is Cc1csc(=O)n1CCCC(=O)N(C)C(C)CO. The summed E-state index contributed by atoms with van der Waals surface area (Å²) in [6.45, 7) is 4.22. The summed E-state index contributed by atoms with van der Waals surface area (Å²) in [5, 5.41) is 10.8. The van der Waals surface area contributed by atoms with Crippen molar-refractivity contribution >= 4 is 17.2 Å². The standard InChI is InChI=1S/C12H20N2O3S/c1-9(7-15)13(3)11(16)5-4-6-14-10(2)8-18-12(14)17/h8-9,15H,4-7H2,1-3H3. The van der Waals surface area contributed by atoms with Crippen LogP contribution >= 0.6 is 11.3 Å². The normalized spacial score (nSPS) is 12.4. The minimum atomic E-state index is -0.164. The van der Waals surface area contributed by atoms with Crippen LogP contribution in [0.25, 0.3) is 0 Å². The van der Waals surface area contributed by atoms with Crippen LogP contribution in [0.5, 0.6) is 0 Å². The molecule has 0 radical (unpaired) electrons. The smallest absolute Gasteiger partial charge is 0.307 e. The van der Waals surface area contributed by atoms with Gasteiger partial charge in [-0.2, -0.15) is 0 Å². The third-order valence-electron chi connectivity index (χ3n) is 3.07. The van der Waals surface area contributed by atoms with E-state index in [9.17, 15) is 9.59 Å². The van der Waals surface area contributed by atoms with Gasteiger partial charge < -0.3 is 14.6 Å². The number of carbonyl (C=O) groups is 1. The van der Waals surface area contributed by atoms with E-state index in [0.29, 0.717) is 19.4 Å². The summed E-state index contributed by atoms with van der Waals surface area (Å²) in [6, 6.07) is -0.164. The molecular formula is C12H20N2O3S. The molecule has 6 heteroatoms. The number of likely N-dealkylation sites (N-methyl/N-ethyl adjacent to an activating group) is 1. The first-order chi connectivity index (χ1) is 8.47. The Morgan fingerprint density at radius 1 is 1.61 bits per heavy atom. The van der Waals surface area contributed by atoms with Gasteiger partial charge in [-0.3, -0.25) is 9.59 Å². The Morgan fingerprint density at radius 2 is 2.28 bits per heavy atom. The molecule has 0 saturated carbocycles. The second-order valence-corrected chi connectivity index (χ2v) is 5.26. The Hall–Kier alpha value is -1.14. The molecule has 102 valence electrons. The number of rotatable bonds is 6. The third kappa shape index (κ3) is 3.68. The number of aryl methyl sites for hydroxylation is 1. The summed E-state index contributed by atoms with van der Waals surface area (Å²) in [6.07, 6.45) is 1.03. The van der Waals surface area contributed by atoms with Crippen molar-refractivity contribution in [2.24, 2.45) is 0 Å². The zero-order valence-electron chi connectivity index (χ0n) is 11.0. The second-order valence-electron chi connectivity index (χ2n) is 4.43. The number of carbonyl (C=O) groups excluding carboxylic acids is 1. The van der Waals surface area contributed by atoms with Gasteiger partial charge in [-0.1, -0.05) is 11.3 Å². The Morgan fingerprint density at radius 3 is 2.78 bits per heavy atom. The number of thiazole rings is 1. The molecule has 0 spiro atoms. The van der Waals surface area contributed by atoms with Crippen molar-refractivity contribution in [3.63, 3.8) is 0 Å². The highest BCUT2D eigenvalue weighted by atomic mass is 32.1. The maximum atomic E-state index is 11.8. The van der Waals surface area contributed by atoms with Gasteiger partial charge in [0.1, 0.15) is 0 Å². The zero-order valence-corrected chi connectivity index (χ0v) is 11.9. The average Bonchev–Trinajstić information content (AvgIpc) is 2.68. The molecule has 0 aliphatic carbocycles. The van der Waals surface area contributed by atoms with Crippen molar-refractivity contribution in [2.75, 3.05) is 13.7 Å². The van der Waals surface area contributed by atoms with Crippen LogP contribution in [0.3, 0.4) is 0 Å². The lowest BCUT2D eigenvalue weighted by atomic mass is 10.2. The molecule has 0 fully saturated rings. The number of hydrogen-bond acceptors (Lipinski definition) is 4. The van der Waals surface area contributed by atoms with Crippen molar-refractivity contribution in [2.45, 2.75) is 39.3 Å². The lowest BCUT2D eigenvalue weighted by Crippen LogP contribution is -2.37. The summed E-state index contributed by atoms with van der Waals surface area (Å²) < 4.78 is 1.69. The quantitative estimate of drug-likeness (QED) is 0.834. The average molecular weight is 272 g/mol. The number of aromatic nitrogens is 1. The molecule has 1 aromatic heterocycles. The van der Waals surface area contributed by atoms with E-state index in [2.05, 4.69) is 0 Å². The molecule has 0 bridgehead atoms. The molecule has 0 saturated heterocycles. The first-order valence-electron chi connectivity index (χ1n) is 5.98. The van der Waals surface area contributed by atoms with E-state index >= 15 is 0 Å². The van der Waals surface area contributed by atoms with Gasteiger partial charge in [0.05, 0.1) is 12.6 Å². The fraction of sp³-hybridized carbons (Fsp3) is 0.667.